The molecule has 0 unspecified atom stereocenters. The van der Waals surface area contributed by atoms with Crippen molar-refractivity contribution < 1.29 is 14.3 Å². The maximum absolute atomic E-state index is 12.1. The van der Waals surface area contributed by atoms with Gasteiger partial charge in [-0.15, -0.1) is 0 Å². The fourth-order valence-corrected chi connectivity index (χ4v) is 7.97. The molecule has 132 valence electrons. The number of hydrogen-bond donors (Lipinski definition) is 0. The van der Waals surface area contributed by atoms with E-state index < -0.39 is 8.07 Å². The number of methoxy groups -OCH3 is 1. The Kier molecular flexibility index (Phi) is 5.52. The van der Waals surface area contributed by atoms with E-state index in [1.807, 2.05) is 36.4 Å². The van der Waals surface area contributed by atoms with Gasteiger partial charge in [0.25, 0.3) is 0 Å². The quantitative estimate of drug-likeness (QED) is 0.588. The number of rotatable bonds is 6. The first-order chi connectivity index (χ1) is 12.1. The highest BCUT2D eigenvalue weighted by Gasteiger charge is 2.52. The summed E-state index contributed by atoms with van der Waals surface area (Å²) in [6.45, 7) is 5.19. The van der Waals surface area contributed by atoms with E-state index in [4.69, 9.17) is 9.47 Å². The molecule has 0 N–H and O–H groups in total. The van der Waals surface area contributed by atoms with Gasteiger partial charge in [0.05, 0.1) is 26.9 Å². The third-order valence-electron chi connectivity index (χ3n) is 5.45. The van der Waals surface area contributed by atoms with Crippen LogP contribution in [0, 0.1) is 5.92 Å². The van der Waals surface area contributed by atoms with Crippen molar-refractivity contribution in [1.29, 1.82) is 0 Å². The lowest BCUT2D eigenvalue weighted by Gasteiger charge is -2.35. The Bertz CT molecular complexity index is 687. The van der Waals surface area contributed by atoms with Crippen LogP contribution >= 0.6 is 0 Å². The van der Waals surface area contributed by atoms with E-state index in [0.717, 1.165) is 11.8 Å². The first-order valence-corrected chi connectivity index (χ1v) is 11.9. The minimum atomic E-state index is -1.94. The van der Waals surface area contributed by atoms with E-state index in [2.05, 4.69) is 37.4 Å². The van der Waals surface area contributed by atoms with E-state index in [9.17, 15) is 4.79 Å². The van der Waals surface area contributed by atoms with Gasteiger partial charge in [-0.3, -0.25) is 0 Å². The van der Waals surface area contributed by atoms with Crippen LogP contribution in [0.4, 0.5) is 0 Å². The molecule has 4 atom stereocenters. The van der Waals surface area contributed by atoms with Gasteiger partial charge in [-0.1, -0.05) is 78.9 Å². The number of carbonyl (C=O) groups excluding carboxylic acids is 1. The lowest BCUT2D eigenvalue weighted by Crippen LogP contribution is -2.51. The van der Waals surface area contributed by atoms with Crippen molar-refractivity contribution in [1.82, 2.24) is 0 Å². The number of aldehydes is 1. The smallest absolute Gasteiger partial charge is 0.126 e. The van der Waals surface area contributed by atoms with Crippen LogP contribution in [-0.4, -0.2) is 34.2 Å². The molecule has 1 saturated heterocycles. The van der Waals surface area contributed by atoms with Crippen LogP contribution in [0.15, 0.2) is 60.7 Å². The molecule has 3 nitrogen and oxygen atoms in total. The average molecular weight is 355 g/mol. The van der Waals surface area contributed by atoms with Crippen molar-refractivity contribution in [3.8, 4) is 0 Å². The molecule has 1 heterocycles. The van der Waals surface area contributed by atoms with Crippen LogP contribution in [0.1, 0.15) is 11.7 Å². The van der Waals surface area contributed by atoms with Gasteiger partial charge in [-0.2, -0.15) is 0 Å². The first kappa shape index (κ1) is 18.1. The molecule has 2 aromatic carbocycles. The van der Waals surface area contributed by atoms with E-state index in [-0.39, 0.29) is 23.7 Å². The van der Waals surface area contributed by atoms with Gasteiger partial charge in [0.2, 0.25) is 0 Å². The van der Waals surface area contributed by atoms with E-state index >= 15 is 0 Å². The second-order valence-corrected chi connectivity index (χ2v) is 12.0. The Morgan fingerprint density at radius 2 is 1.64 bits per heavy atom. The van der Waals surface area contributed by atoms with Gasteiger partial charge in [0.15, 0.2) is 0 Å². The number of ether oxygens (including phenoxy) is 2. The van der Waals surface area contributed by atoms with E-state index in [1.54, 1.807) is 7.11 Å². The number of benzene rings is 2. The Labute approximate surface area is 151 Å². The SMILES string of the molecule is COC[C@H]1O[C@@H](c2ccccc2)[C@@H](C=O)[C@@H]1[Si](C)(C)c1ccccc1. The zero-order chi connectivity index (χ0) is 17.9. The summed E-state index contributed by atoms with van der Waals surface area (Å²) in [5.41, 5.74) is 1.25. The summed E-state index contributed by atoms with van der Waals surface area (Å²) in [4.78, 5) is 12.1. The second kappa shape index (κ2) is 7.64. The molecule has 0 amide bonds. The van der Waals surface area contributed by atoms with Crippen molar-refractivity contribution in [3.63, 3.8) is 0 Å². The van der Waals surface area contributed by atoms with Gasteiger partial charge >= 0.3 is 0 Å². The first-order valence-electron chi connectivity index (χ1n) is 8.79. The molecule has 1 aliphatic rings. The minimum absolute atomic E-state index is 0.0627. The normalized spacial score (nSPS) is 26.5. The van der Waals surface area contributed by atoms with E-state index in [1.165, 1.54) is 5.19 Å². The van der Waals surface area contributed by atoms with Gasteiger partial charge in [-0.05, 0) is 11.1 Å². The fourth-order valence-electron chi connectivity index (χ4n) is 4.21. The largest absolute Gasteiger partial charge is 0.382 e. The summed E-state index contributed by atoms with van der Waals surface area (Å²) in [5.74, 6) is -0.149. The maximum atomic E-state index is 12.1. The molecular weight excluding hydrogens is 328 g/mol. The molecule has 0 radical (unpaired) electrons. The molecule has 0 bridgehead atoms. The monoisotopic (exact) mass is 354 g/mol. The highest BCUT2D eigenvalue weighted by molar-refractivity contribution is 6.91. The van der Waals surface area contributed by atoms with Gasteiger partial charge in [-0.25, -0.2) is 0 Å². The van der Waals surface area contributed by atoms with Gasteiger partial charge in [0, 0.05) is 13.0 Å². The Morgan fingerprint density at radius 1 is 1.04 bits per heavy atom. The van der Waals surface area contributed by atoms with Crippen LogP contribution in [0.2, 0.25) is 18.6 Å². The highest BCUT2D eigenvalue weighted by atomic mass is 28.3. The Hall–Kier alpha value is -1.75. The molecule has 0 spiro atoms. The van der Waals surface area contributed by atoms with Crippen molar-refractivity contribution in [2.24, 2.45) is 5.92 Å². The lowest BCUT2D eigenvalue weighted by atomic mass is 9.95. The summed E-state index contributed by atoms with van der Waals surface area (Å²) < 4.78 is 11.8. The Balaban J connectivity index is 2.01. The van der Waals surface area contributed by atoms with Crippen LogP contribution < -0.4 is 5.19 Å². The second-order valence-electron chi connectivity index (χ2n) is 7.29. The van der Waals surface area contributed by atoms with Gasteiger partial charge < -0.3 is 14.3 Å². The zero-order valence-corrected chi connectivity index (χ0v) is 16.1. The minimum Gasteiger partial charge on any atom is -0.382 e. The Morgan fingerprint density at radius 3 is 2.20 bits per heavy atom. The summed E-state index contributed by atoms with van der Waals surface area (Å²) in [6.07, 6.45) is 0.849. The summed E-state index contributed by atoms with van der Waals surface area (Å²) >= 11 is 0. The highest BCUT2D eigenvalue weighted by Crippen LogP contribution is 2.49. The summed E-state index contributed by atoms with van der Waals surface area (Å²) in [6, 6.07) is 20.6. The van der Waals surface area contributed by atoms with Crippen molar-refractivity contribution in [2.75, 3.05) is 13.7 Å². The molecule has 0 aromatic heterocycles. The van der Waals surface area contributed by atoms with Crippen molar-refractivity contribution >= 4 is 19.5 Å². The van der Waals surface area contributed by atoms with Crippen molar-refractivity contribution in [2.45, 2.75) is 30.8 Å². The topological polar surface area (TPSA) is 35.5 Å². The molecule has 2 aromatic rings. The number of hydrogen-bond acceptors (Lipinski definition) is 3. The molecule has 4 heteroatoms. The average Bonchev–Trinajstić information content (AvgIpc) is 3.02. The fraction of sp³-hybridized carbons (Fsp3) is 0.381. The summed E-state index contributed by atoms with van der Waals surface area (Å²) in [7, 11) is -0.244. The molecular formula is C21H26O3Si. The molecule has 0 saturated carbocycles. The number of carbonyl (C=O) groups is 1. The molecule has 3 rings (SSSR count). The van der Waals surface area contributed by atoms with Crippen LogP contribution in [0.5, 0.6) is 0 Å². The third-order valence-corrected chi connectivity index (χ3v) is 9.70. The maximum Gasteiger partial charge on any atom is 0.126 e. The molecule has 1 fully saturated rings. The van der Waals surface area contributed by atoms with Crippen LogP contribution in [0.25, 0.3) is 0 Å². The zero-order valence-electron chi connectivity index (χ0n) is 15.1. The molecule has 0 aliphatic carbocycles. The molecule has 1 aliphatic heterocycles. The van der Waals surface area contributed by atoms with Crippen molar-refractivity contribution in [3.05, 3.63) is 66.2 Å². The summed E-state index contributed by atoms with van der Waals surface area (Å²) in [5, 5.41) is 1.35. The predicted octanol–water partition coefficient (Wildman–Crippen LogP) is 3.57. The van der Waals surface area contributed by atoms with E-state index in [0.29, 0.717) is 6.61 Å². The van der Waals surface area contributed by atoms with Crippen LogP contribution in [-0.2, 0) is 14.3 Å². The standard InChI is InChI=1S/C21H26O3Si/c1-23-15-19-21(25(2,3)17-12-8-5-9-13-17)18(14-22)20(24-19)16-10-6-4-7-11-16/h4-14,18-21H,15H2,1-3H3/t18-,19-,20+,21+/m1/s1. The van der Waals surface area contributed by atoms with Crippen LogP contribution in [0.3, 0.4) is 0 Å². The predicted molar refractivity (Wildman–Crippen MR) is 103 cm³/mol. The third kappa shape index (κ3) is 3.47. The molecule has 25 heavy (non-hydrogen) atoms. The van der Waals surface area contributed by atoms with Gasteiger partial charge in [0.1, 0.15) is 6.29 Å². The lowest BCUT2D eigenvalue weighted by molar-refractivity contribution is -0.112.